The molecule has 2 N–H and O–H groups in total. The molecule has 0 fully saturated rings. The predicted octanol–water partition coefficient (Wildman–Crippen LogP) is 4.26. The summed E-state index contributed by atoms with van der Waals surface area (Å²) in [4.78, 5) is 15.6. The maximum Gasteiger partial charge on any atom is 0.336 e. The predicted molar refractivity (Wildman–Crippen MR) is 96.9 cm³/mol. The number of anilines is 1. The lowest BCUT2D eigenvalue weighted by Crippen LogP contribution is -2.02. The molecule has 0 bridgehead atoms. The molecular formula is C18H15N3O2S. The SMILES string of the molecule is Cc1ccc(-c2csc(NN=Cc3ccccc3C(=O)O)n2)cc1. The number of thiazole rings is 1. The molecular weight excluding hydrogens is 322 g/mol. The van der Waals surface area contributed by atoms with Gasteiger partial charge in [0.2, 0.25) is 5.13 Å². The molecule has 5 nitrogen and oxygen atoms in total. The van der Waals surface area contributed by atoms with Gasteiger partial charge in [-0.15, -0.1) is 11.3 Å². The van der Waals surface area contributed by atoms with Crippen LogP contribution in [0.5, 0.6) is 0 Å². The van der Waals surface area contributed by atoms with Crippen LogP contribution < -0.4 is 5.43 Å². The fourth-order valence-electron chi connectivity index (χ4n) is 2.14. The summed E-state index contributed by atoms with van der Waals surface area (Å²) in [5.74, 6) is -0.979. The summed E-state index contributed by atoms with van der Waals surface area (Å²) in [5, 5.41) is 15.8. The molecule has 0 amide bonds. The minimum Gasteiger partial charge on any atom is -0.478 e. The Labute approximate surface area is 143 Å². The van der Waals surface area contributed by atoms with Crippen molar-refractivity contribution < 1.29 is 9.90 Å². The molecule has 3 rings (SSSR count). The third-order valence-electron chi connectivity index (χ3n) is 3.41. The van der Waals surface area contributed by atoms with Crippen LogP contribution in [0.1, 0.15) is 21.5 Å². The molecule has 0 saturated carbocycles. The normalized spacial score (nSPS) is 10.9. The Morgan fingerprint density at radius 3 is 2.71 bits per heavy atom. The van der Waals surface area contributed by atoms with Gasteiger partial charge in [-0.2, -0.15) is 5.10 Å². The molecule has 0 spiro atoms. The summed E-state index contributed by atoms with van der Waals surface area (Å²) in [6, 6.07) is 14.8. The van der Waals surface area contributed by atoms with Crippen LogP contribution in [-0.2, 0) is 0 Å². The van der Waals surface area contributed by atoms with Crippen LogP contribution in [0.3, 0.4) is 0 Å². The molecule has 6 heteroatoms. The smallest absolute Gasteiger partial charge is 0.336 e. The maximum atomic E-state index is 11.1. The number of aryl methyl sites for hydroxylation is 1. The number of nitrogens with one attached hydrogen (secondary N) is 1. The summed E-state index contributed by atoms with van der Waals surface area (Å²) in [6.07, 6.45) is 1.48. The molecule has 24 heavy (non-hydrogen) atoms. The highest BCUT2D eigenvalue weighted by molar-refractivity contribution is 7.14. The number of rotatable bonds is 5. The zero-order chi connectivity index (χ0) is 16.9. The van der Waals surface area contributed by atoms with E-state index in [0.717, 1.165) is 11.3 Å². The first-order chi connectivity index (χ1) is 11.6. The van der Waals surface area contributed by atoms with Gasteiger partial charge in [0.15, 0.2) is 0 Å². The number of aromatic nitrogens is 1. The molecule has 3 aromatic rings. The van der Waals surface area contributed by atoms with Gasteiger partial charge in [0, 0.05) is 16.5 Å². The maximum absolute atomic E-state index is 11.1. The molecule has 1 heterocycles. The van der Waals surface area contributed by atoms with Crippen molar-refractivity contribution in [3.63, 3.8) is 0 Å². The van der Waals surface area contributed by atoms with Crippen molar-refractivity contribution in [2.24, 2.45) is 5.10 Å². The van der Waals surface area contributed by atoms with E-state index in [9.17, 15) is 4.79 Å². The van der Waals surface area contributed by atoms with Crippen LogP contribution in [0, 0.1) is 6.92 Å². The van der Waals surface area contributed by atoms with E-state index in [1.165, 1.54) is 23.1 Å². The fourth-order valence-corrected chi connectivity index (χ4v) is 2.81. The summed E-state index contributed by atoms with van der Waals surface area (Å²) in [6.45, 7) is 2.04. The van der Waals surface area contributed by atoms with Crippen LogP contribution in [-0.4, -0.2) is 22.3 Å². The van der Waals surface area contributed by atoms with Crippen molar-refractivity contribution in [2.75, 3.05) is 5.43 Å². The van der Waals surface area contributed by atoms with Crippen molar-refractivity contribution in [1.82, 2.24) is 4.98 Å². The van der Waals surface area contributed by atoms with E-state index in [1.54, 1.807) is 24.3 Å². The number of carboxylic acids is 1. The molecule has 0 radical (unpaired) electrons. The highest BCUT2D eigenvalue weighted by Crippen LogP contribution is 2.25. The average molecular weight is 337 g/mol. The van der Waals surface area contributed by atoms with Crippen LogP contribution in [0.15, 0.2) is 59.0 Å². The molecule has 0 atom stereocenters. The van der Waals surface area contributed by atoms with E-state index in [1.807, 2.05) is 36.6 Å². The summed E-state index contributed by atoms with van der Waals surface area (Å²) in [5.41, 5.74) is 6.72. The lowest BCUT2D eigenvalue weighted by Gasteiger charge is -1.99. The third kappa shape index (κ3) is 3.67. The number of hydrazone groups is 1. The second-order valence-electron chi connectivity index (χ2n) is 5.17. The second-order valence-corrected chi connectivity index (χ2v) is 6.02. The Hall–Kier alpha value is -2.99. The highest BCUT2D eigenvalue weighted by Gasteiger charge is 2.07. The highest BCUT2D eigenvalue weighted by atomic mass is 32.1. The van der Waals surface area contributed by atoms with E-state index in [4.69, 9.17) is 5.11 Å². The third-order valence-corrected chi connectivity index (χ3v) is 4.15. The van der Waals surface area contributed by atoms with Crippen molar-refractivity contribution in [3.05, 3.63) is 70.6 Å². The standard InChI is InChI=1S/C18H15N3O2S/c1-12-6-8-13(9-7-12)16-11-24-18(20-16)21-19-10-14-4-2-3-5-15(14)17(22)23/h2-11H,1H3,(H,20,21)(H,22,23). The van der Waals surface area contributed by atoms with Gasteiger partial charge in [-0.3, -0.25) is 5.43 Å². The number of carboxylic acid groups (broad SMARTS) is 1. The number of carbonyl (C=O) groups is 1. The topological polar surface area (TPSA) is 74.6 Å². The van der Waals surface area contributed by atoms with E-state index in [0.29, 0.717) is 10.7 Å². The Morgan fingerprint density at radius 2 is 1.96 bits per heavy atom. The van der Waals surface area contributed by atoms with Crippen molar-refractivity contribution >= 4 is 28.7 Å². The van der Waals surface area contributed by atoms with Crippen LogP contribution in [0.4, 0.5) is 5.13 Å². The second kappa shape index (κ2) is 7.06. The Morgan fingerprint density at radius 1 is 1.21 bits per heavy atom. The van der Waals surface area contributed by atoms with E-state index >= 15 is 0 Å². The van der Waals surface area contributed by atoms with Gasteiger partial charge in [0.1, 0.15) is 0 Å². The number of hydrogen-bond donors (Lipinski definition) is 2. The van der Waals surface area contributed by atoms with Gasteiger partial charge in [0.05, 0.1) is 17.5 Å². The average Bonchev–Trinajstić information content (AvgIpc) is 3.05. The van der Waals surface area contributed by atoms with Crippen molar-refractivity contribution in [2.45, 2.75) is 6.92 Å². The van der Waals surface area contributed by atoms with E-state index < -0.39 is 5.97 Å². The van der Waals surface area contributed by atoms with Crippen LogP contribution in [0.25, 0.3) is 11.3 Å². The van der Waals surface area contributed by atoms with E-state index in [-0.39, 0.29) is 5.56 Å². The first-order valence-corrected chi connectivity index (χ1v) is 8.15. The van der Waals surface area contributed by atoms with Gasteiger partial charge in [-0.25, -0.2) is 9.78 Å². The summed E-state index contributed by atoms with van der Waals surface area (Å²) in [7, 11) is 0. The lowest BCUT2D eigenvalue weighted by atomic mass is 10.1. The summed E-state index contributed by atoms with van der Waals surface area (Å²) >= 11 is 1.44. The molecule has 0 aliphatic heterocycles. The van der Waals surface area contributed by atoms with Crippen molar-refractivity contribution in [1.29, 1.82) is 0 Å². The largest absolute Gasteiger partial charge is 0.478 e. The van der Waals surface area contributed by atoms with Crippen molar-refractivity contribution in [3.8, 4) is 11.3 Å². The van der Waals surface area contributed by atoms with Gasteiger partial charge in [-0.1, -0.05) is 48.0 Å². The minimum atomic E-state index is -0.979. The number of aromatic carboxylic acids is 1. The zero-order valence-corrected chi connectivity index (χ0v) is 13.7. The Balaban J connectivity index is 1.72. The van der Waals surface area contributed by atoms with E-state index in [2.05, 4.69) is 15.5 Å². The minimum absolute atomic E-state index is 0.211. The number of nitrogens with zero attached hydrogens (tertiary/aromatic N) is 2. The molecule has 0 unspecified atom stereocenters. The first kappa shape index (κ1) is 15.9. The van der Waals surface area contributed by atoms with Gasteiger partial charge < -0.3 is 5.11 Å². The van der Waals surface area contributed by atoms with Crippen LogP contribution >= 0.6 is 11.3 Å². The number of benzene rings is 2. The molecule has 0 aliphatic rings. The lowest BCUT2D eigenvalue weighted by molar-refractivity contribution is 0.0697. The Kier molecular flexibility index (Phi) is 4.67. The molecule has 0 aliphatic carbocycles. The van der Waals surface area contributed by atoms with Gasteiger partial charge in [-0.05, 0) is 13.0 Å². The first-order valence-electron chi connectivity index (χ1n) is 7.27. The Bertz CT molecular complexity index is 885. The van der Waals surface area contributed by atoms with Crippen LogP contribution in [0.2, 0.25) is 0 Å². The molecule has 2 aromatic carbocycles. The molecule has 1 aromatic heterocycles. The monoisotopic (exact) mass is 337 g/mol. The summed E-state index contributed by atoms with van der Waals surface area (Å²) < 4.78 is 0. The fraction of sp³-hybridized carbons (Fsp3) is 0.0556. The van der Waals surface area contributed by atoms with Gasteiger partial charge in [0.25, 0.3) is 0 Å². The molecule has 0 saturated heterocycles. The quantitative estimate of drug-likeness (QED) is 0.539. The molecule has 120 valence electrons. The van der Waals surface area contributed by atoms with Gasteiger partial charge >= 0.3 is 5.97 Å². The number of hydrogen-bond acceptors (Lipinski definition) is 5. The zero-order valence-electron chi connectivity index (χ0n) is 12.9.